The number of carbonyl (C=O) groups excluding carboxylic acids is 2. The van der Waals surface area contributed by atoms with Crippen LogP contribution in [-0.2, 0) is 10.2 Å². The molecule has 2 amide bonds. The highest BCUT2D eigenvalue weighted by Crippen LogP contribution is 2.49. The Morgan fingerprint density at radius 2 is 1.71 bits per heavy atom. The normalized spacial score (nSPS) is 20.3. The molecule has 2 aromatic rings. The third kappa shape index (κ3) is 2.81. The largest absolute Gasteiger partial charge is 0.339 e. The lowest BCUT2D eigenvalue weighted by Crippen LogP contribution is -2.48. The van der Waals surface area contributed by atoms with Crippen molar-refractivity contribution in [3.63, 3.8) is 0 Å². The van der Waals surface area contributed by atoms with E-state index in [1.54, 1.807) is 12.1 Å². The van der Waals surface area contributed by atoms with E-state index in [1.807, 2.05) is 40.1 Å². The summed E-state index contributed by atoms with van der Waals surface area (Å²) in [5.41, 5.74) is 2.24. The number of nitrogens with zero attached hydrogens (tertiary/aromatic N) is 2. The molecule has 3 aliphatic rings. The van der Waals surface area contributed by atoms with Gasteiger partial charge in [0.2, 0.25) is 5.91 Å². The molecule has 144 valence electrons. The van der Waals surface area contributed by atoms with Gasteiger partial charge in [0.1, 0.15) is 5.82 Å². The lowest BCUT2D eigenvalue weighted by molar-refractivity contribution is -0.119. The summed E-state index contributed by atoms with van der Waals surface area (Å²) in [6.45, 7) is 1.85. The summed E-state index contributed by atoms with van der Waals surface area (Å²) in [5, 5.41) is 0. The van der Waals surface area contributed by atoms with E-state index in [4.69, 9.17) is 0 Å². The Morgan fingerprint density at radius 3 is 2.39 bits per heavy atom. The summed E-state index contributed by atoms with van der Waals surface area (Å²) >= 11 is 0. The zero-order valence-corrected chi connectivity index (χ0v) is 15.7. The molecule has 1 saturated heterocycles. The molecule has 2 fully saturated rings. The Kier molecular flexibility index (Phi) is 4.00. The second-order valence-electron chi connectivity index (χ2n) is 8.30. The molecule has 0 bridgehead atoms. The smallest absolute Gasteiger partial charge is 0.253 e. The highest BCUT2D eigenvalue weighted by Gasteiger charge is 2.49. The van der Waals surface area contributed by atoms with E-state index in [0.29, 0.717) is 25.2 Å². The number of rotatable bonds is 2. The van der Waals surface area contributed by atoms with E-state index in [-0.39, 0.29) is 29.0 Å². The fourth-order valence-corrected chi connectivity index (χ4v) is 4.72. The van der Waals surface area contributed by atoms with E-state index < -0.39 is 0 Å². The first-order chi connectivity index (χ1) is 13.6. The van der Waals surface area contributed by atoms with Crippen molar-refractivity contribution in [2.75, 3.05) is 24.5 Å². The van der Waals surface area contributed by atoms with Gasteiger partial charge in [-0.05, 0) is 61.6 Å². The SMILES string of the molecule is O=C(c1ccccc1)N1CCC2(CC1)CN(C(=O)C1CC1)c1ccc(F)cc12. The molecule has 1 aliphatic carbocycles. The number of carbonyl (C=O) groups is 2. The van der Waals surface area contributed by atoms with Crippen molar-refractivity contribution in [1.82, 2.24) is 4.90 Å². The van der Waals surface area contributed by atoms with Crippen LogP contribution in [0.3, 0.4) is 0 Å². The minimum absolute atomic E-state index is 0.0406. The topological polar surface area (TPSA) is 40.6 Å². The van der Waals surface area contributed by atoms with Crippen LogP contribution in [0.15, 0.2) is 48.5 Å². The van der Waals surface area contributed by atoms with Gasteiger partial charge in [0.15, 0.2) is 0 Å². The van der Waals surface area contributed by atoms with Crippen molar-refractivity contribution in [3.8, 4) is 0 Å². The summed E-state index contributed by atoms with van der Waals surface area (Å²) < 4.78 is 14.1. The number of likely N-dealkylation sites (tertiary alicyclic amines) is 1. The molecule has 5 rings (SSSR count). The first kappa shape index (κ1) is 17.4. The molecule has 5 heteroatoms. The minimum atomic E-state index is -0.262. The summed E-state index contributed by atoms with van der Waals surface area (Å²) in [6, 6.07) is 14.1. The Balaban J connectivity index is 1.40. The predicted octanol–water partition coefficient (Wildman–Crippen LogP) is 3.76. The number of fused-ring (bicyclic) bond motifs is 2. The second kappa shape index (κ2) is 6.43. The third-order valence-corrected chi connectivity index (χ3v) is 6.50. The van der Waals surface area contributed by atoms with Gasteiger partial charge in [0.05, 0.1) is 0 Å². The van der Waals surface area contributed by atoms with Gasteiger partial charge in [-0.3, -0.25) is 9.59 Å². The van der Waals surface area contributed by atoms with Gasteiger partial charge in [-0.2, -0.15) is 0 Å². The monoisotopic (exact) mass is 378 g/mol. The first-order valence-electron chi connectivity index (χ1n) is 10.0. The van der Waals surface area contributed by atoms with E-state index >= 15 is 0 Å². The summed E-state index contributed by atoms with van der Waals surface area (Å²) in [7, 11) is 0. The minimum Gasteiger partial charge on any atom is -0.339 e. The Hall–Kier alpha value is -2.69. The number of piperidine rings is 1. The Bertz CT molecular complexity index is 931. The molecule has 1 saturated carbocycles. The van der Waals surface area contributed by atoms with Crippen molar-refractivity contribution in [3.05, 3.63) is 65.5 Å². The maximum Gasteiger partial charge on any atom is 0.253 e. The first-order valence-corrected chi connectivity index (χ1v) is 10.0. The average molecular weight is 378 g/mol. The van der Waals surface area contributed by atoms with Crippen LogP contribution < -0.4 is 4.90 Å². The Morgan fingerprint density at radius 1 is 1.00 bits per heavy atom. The highest BCUT2D eigenvalue weighted by atomic mass is 19.1. The molecule has 0 radical (unpaired) electrons. The van der Waals surface area contributed by atoms with Crippen molar-refractivity contribution < 1.29 is 14.0 Å². The second-order valence-corrected chi connectivity index (χ2v) is 8.30. The molecule has 28 heavy (non-hydrogen) atoms. The molecule has 2 aromatic carbocycles. The lowest BCUT2D eigenvalue weighted by atomic mass is 9.74. The standard InChI is InChI=1S/C23H23FN2O2/c24-18-8-9-20-19(14-18)23(15-26(20)22(28)17-6-7-17)10-12-25(13-11-23)21(27)16-4-2-1-3-5-16/h1-5,8-9,14,17H,6-7,10-13,15H2. The van der Waals surface area contributed by atoms with Crippen LogP contribution in [0, 0.1) is 11.7 Å². The van der Waals surface area contributed by atoms with Crippen LogP contribution in [0.4, 0.5) is 10.1 Å². The van der Waals surface area contributed by atoms with Crippen molar-refractivity contribution in [2.24, 2.45) is 5.92 Å². The highest BCUT2D eigenvalue weighted by molar-refractivity contribution is 5.99. The molecule has 2 aliphatic heterocycles. The zero-order chi connectivity index (χ0) is 19.3. The molecule has 4 nitrogen and oxygen atoms in total. The molecule has 0 aromatic heterocycles. The summed E-state index contributed by atoms with van der Waals surface area (Å²) in [4.78, 5) is 29.3. The number of amides is 2. The van der Waals surface area contributed by atoms with Crippen LogP contribution >= 0.6 is 0 Å². The van der Waals surface area contributed by atoms with Gasteiger partial charge in [0.25, 0.3) is 5.91 Å². The number of hydrogen-bond donors (Lipinski definition) is 0. The summed E-state index contributed by atoms with van der Waals surface area (Å²) in [5.74, 6) is 0.0841. The van der Waals surface area contributed by atoms with Crippen molar-refractivity contribution in [2.45, 2.75) is 31.1 Å². The Labute approximate surface area is 163 Å². The van der Waals surface area contributed by atoms with Gasteiger partial charge in [-0.15, -0.1) is 0 Å². The average Bonchev–Trinajstić information content (AvgIpc) is 3.54. The van der Waals surface area contributed by atoms with Crippen LogP contribution in [0.5, 0.6) is 0 Å². The van der Waals surface area contributed by atoms with E-state index in [0.717, 1.165) is 36.9 Å². The predicted molar refractivity (Wildman–Crippen MR) is 105 cm³/mol. The lowest BCUT2D eigenvalue weighted by Gasteiger charge is -2.40. The molecule has 1 spiro atoms. The van der Waals surface area contributed by atoms with Crippen molar-refractivity contribution >= 4 is 17.5 Å². The van der Waals surface area contributed by atoms with Crippen LogP contribution in [0.25, 0.3) is 0 Å². The molecule has 2 heterocycles. The van der Waals surface area contributed by atoms with Gasteiger partial charge < -0.3 is 9.80 Å². The van der Waals surface area contributed by atoms with Crippen LogP contribution in [-0.4, -0.2) is 36.3 Å². The van der Waals surface area contributed by atoms with Gasteiger partial charge in [-0.25, -0.2) is 4.39 Å². The van der Waals surface area contributed by atoms with E-state index in [1.165, 1.54) is 6.07 Å². The van der Waals surface area contributed by atoms with E-state index in [2.05, 4.69) is 0 Å². The van der Waals surface area contributed by atoms with Gasteiger partial charge >= 0.3 is 0 Å². The molecular formula is C23H23FN2O2. The molecule has 0 N–H and O–H groups in total. The van der Waals surface area contributed by atoms with Gasteiger partial charge in [0, 0.05) is 42.2 Å². The molecule has 0 unspecified atom stereocenters. The quantitative estimate of drug-likeness (QED) is 0.798. The van der Waals surface area contributed by atoms with Crippen molar-refractivity contribution in [1.29, 1.82) is 0 Å². The fourth-order valence-electron chi connectivity index (χ4n) is 4.72. The number of hydrogen-bond acceptors (Lipinski definition) is 2. The van der Waals surface area contributed by atoms with E-state index in [9.17, 15) is 14.0 Å². The molecule has 0 atom stereocenters. The van der Waals surface area contributed by atoms with Gasteiger partial charge in [-0.1, -0.05) is 18.2 Å². The number of anilines is 1. The third-order valence-electron chi connectivity index (χ3n) is 6.50. The maximum atomic E-state index is 14.1. The fraction of sp³-hybridized carbons (Fsp3) is 0.391. The zero-order valence-electron chi connectivity index (χ0n) is 15.7. The number of benzene rings is 2. The summed E-state index contributed by atoms with van der Waals surface area (Å²) in [6.07, 6.45) is 3.41. The van der Waals surface area contributed by atoms with Crippen LogP contribution in [0.2, 0.25) is 0 Å². The number of halogens is 1. The van der Waals surface area contributed by atoms with Crippen LogP contribution in [0.1, 0.15) is 41.6 Å². The maximum absolute atomic E-state index is 14.1. The molecular weight excluding hydrogens is 355 g/mol.